The van der Waals surface area contributed by atoms with Crippen molar-refractivity contribution >= 4 is 11.7 Å². The minimum atomic E-state index is -0.522. The topological polar surface area (TPSA) is 55.1 Å². The summed E-state index contributed by atoms with van der Waals surface area (Å²) in [6, 6.07) is 27.2. The molecule has 0 bridgehead atoms. The Morgan fingerprint density at radius 2 is 1.73 bits per heavy atom. The lowest BCUT2D eigenvalue weighted by molar-refractivity contribution is 0.194. The molecule has 3 heterocycles. The van der Waals surface area contributed by atoms with Crippen molar-refractivity contribution < 1.29 is 9.18 Å². The number of rotatable bonds is 3. The molecular weight excluding hydrogens is 465 g/mol. The van der Waals surface area contributed by atoms with Crippen molar-refractivity contribution in [1.82, 2.24) is 19.2 Å². The lowest BCUT2D eigenvalue weighted by atomic mass is 10.0. The summed E-state index contributed by atoms with van der Waals surface area (Å²) < 4.78 is 18.5. The van der Waals surface area contributed by atoms with E-state index >= 15 is 0 Å². The molecule has 6 rings (SSSR count). The fourth-order valence-electron chi connectivity index (χ4n) is 5.08. The summed E-state index contributed by atoms with van der Waals surface area (Å²) >= 11 is 0. The van der Waals surface area contributed by atoms with Crippen LogP contribution in [0.1, 0.15) is 34.1 Å². The third kappa shape index (κ3) is 3.98. The molecule has 0 saturated carbocycles. The molecule has 0 radical (unpaired) electrons. The van der Waals surface area contributed by atoms with Gasteiger partial charge in [-0.05, 0) is 67.4 Å². The Kier molecular flexibility index (Phi) is 5.60. The molecule has 0 spiro atoms. The fourth-order valence-corrected chi connectivity index (χ4v) is 5.08. The van der Waals surface area contributed by atoms with Gasteiger partial charge in [-0.25, -0.2) is 13.9 Å². The number of nitrogens with zero attached hydrogens (tertiary/aromatic N) is 4. The first-order valence-electron chi connectivity index (χ1n) is 12.2. The van der Waals surface area contributed by atoms with Crippen LogP contribution in [0, 0.1) is 19.7 Å². The number of carbonyl (C=O) groups excluding carboxylic acids is 1. The summed E-state index contributed by atoms with van der Waals surface area (Å²) in [5.74, 6) is 0.527. The minimum absolute atomic E-state index is 0.268. The van der Waals surface area contributed by atoms with E-state index in [-0.39, 0.29) is 11.8 Å². The standard InChI is InChI=1S/C30H26FN5O/c1-20-10-6-7-15-26(20)32-30(37)35-19-25-21(2)33-36(24-13-4-3-5-14-24)29(25)34-17-9-16-27(34)28(35)22-11-8-12-23(31)18-22/h3-18,28H,19H2,1-2H3,(H,32,37)/t28-/m1/s1. The van der Waals surface area contributed by atoms with Crippen molar-refractivity contribution in [2.24, 2.45) is 0 Å². The van der Waals surface area contributed by atoms with Crippen LogP contribution in [0.4, 0.5) is 14.9 Å². The van der Waals surface area contributed by atoms with Crippen LogP contribution in [0.5, 0.6) is 0 Å². The lowest BCUT2D eigenvalue weighted by Crippen LogP contribution is -2.38. The zero-order chi connectivity index (χ0) is 25.5. The number of hydrogen-bond acceptors (Lipinski definition) is 2. The van der Waals surface area contributed by atoms with Gasteiger partial charge in [0.2, 0.25) is 0 Å². The van der Waals surface area contributed by atoms with Gasteiger partial charge < -0.3 is 14.8 Å². The number of fused-ring (bicyclic) bond motifs is 3. The van der Waals surface area contributed by atoms with Crippen molar-refractivity contribution in [3.63, 3.8) is 0 Å². The fraction of sp³-hybridized carbons (Fsp3) is 0.133. The summed E-state index contributed by atoms with van der Waals surface area (Å²) in [7, 11) is 0. The second-order valence-electron chi connectivity index (χ2n) is 9.27. The van der Waals surface area contributed by atoms with E-state index in [0.717, 1.165) is 39.7 Å². The molecule has 0 fully saturated rings. The van der Waals surface area contributed by atoms with Crippen molar-refractivity contribution in [3.8, 4) is 11.5 Å². The number of hydrogen-bond donors (Lipinski definition) is 1. The van der Waals surface area contributed by atoms with Gasteiger partial charge in [0.05, 0.1) is 29.7 Å². The predicted octanol–water partition coefficient (Wildman–Crippen LogP) is 6.56. The highest BCUT2D eigenvalue weighted by Gasteiger charge is 2.36. The van der Waals surface area contributed by atoms with E-state index in [1.807, 2.05) is 97.5 Å². The molecule has 3 aromatic carbocycles. The van der Waals surface area contributed by atoms with Crippen LogP contribution < -0.4 is 5.32 Å². The molecule has 7 heteroatoms. The van der Waals surface area contributed by atoms with E-state index in [9.17, 15) is 9.18 Å². The Morgan fingerprint density at radius 1 is 0.946 bits per heavy atom. The van der Waals surface area contributed by atoms with Crippen molar-refractivity contribution in [1.29, 1.82) is 0 Å². The molecule has 1 atom stereocenters. The van der Waals surface area contributed by atoms with Gasteiger partial charge in [0, 0.05) is 17.4 Å². The van der Waals surface area contributed by atoms with E-state index in [2.05, 4.69) is 9.88 Å². The number of aryl methyl sites for hydroxylation is 2. The predicted molar refractivity (Wildman–Crippen MR) is 142 cm³/mol. The molecular formula is C30H26FN5O. The van der Waals surface area contributed by atoms with Crippen molar-refractivity contribution in [2.45, 2.75) is 26.4 Å². The van der Waals surface area contributed by atoms with Crippen LogP contribution in [-0.2, 0) is 6.54 Å². The van der Waals surface area contributed by atoms with Gasteiger partial charge in [0.25, 0.3) is 0 Å². The van der Waals surface area contributed by atoms with Crippen LogP contribution in [0.25, 0.3) is 11.5 Å². The van der Waals surface area contributed by atoms with Gasteiger partial charge >= 0.3 is 6.03 Å². The van der Waals surface area contributed by atoms with E-state index < -0.39 is 6.04 Å². The molecule has 6 nitrogen and oxygen atoms in total. The smallest absolute Gasteiger partial charge is 0.308 e. The monoisotopic (exact) mass is 491 g/mol. The molecule has 37 heavy (non-hydrogen) atoms. The molecule has 5 aromatic rings. The molecule has 0 unspecified atom stereocenters. The Hall–Kier alpha value is -4.65. The first-order valence-corrected chi connectivity index (χ1v) is 12.2. The average Bonchev–Trinajstić information content (AvgIpc) is 3.46. The first kappa shape index (κ1) is 22.8. The lowest BCUT2D eigenvalue weighted by Gasteiger charge is -2.31. The van der Waals surface area contributed by atoms with Crippen LogP contribution >= 0.6 is 0 Å². The number of carbonyl (C=O) groups is 1. The summed E-state index contributed by atoms with van der Waals surface area (Å²) in [6.07, 6.45) is 1.98. The Morgan fingerprint density at radius 3 is 2.51 bits per heavy atom. The number of benzene rings is 3. The maximum atomic E-state index is 14.5. The van der Waals surface area contributed by atoms with Gasteiger partial charge in [-0.2, -0.15) is 5.10 Å². The minimum Gasteiger partial charge on any atom is -0.308 e. The van der Waals surface area contributed by atoms with E-state index in [0.29, 0.717) is 12.1 Å². The van der Waals surface area contributed by atoms with Crippen LogP contribution in [0.15, 0.2) is 97.2 Å². The number of urea groups is 1. The molecule has 1 N–H and O–H groups in total. The van der Waals surface area contributed by atoms with Crippen molar-refractivity contribution in [3.05, 3.63) is 131 Å². The highest BCUT2D eigenvalue weighted by Crippen LogP contribution is 2.39. The van der Waals surface area contributed by atoms with Crippen molar-refractivity contribution in [2.75, 3.05) is 5.32 Å². The highest BCUT2D eigenvalue weighted by atomic mass is 19.1. The summed E-state index contributed by atoms with van der Waals surface area (Å²) in [5, 5.41) is 7.95. The second-order valence-corrected chi connectivity index (χ2v) is 9.27. The van der Waals surface area contributed by atoms with Crippen LogP contribution in [0.3, 0.4) is 0 Å². The summed E-state index contributed by atoms with van der Waals surface area (Å²) in [6.45, 7) is 4.22. The largest absolute Gasteiger partial charge is 0.322 e. The summed E-state index contributed by atoms with van der Waals surface area (Å²) in [4.78, 5) is 15.7. The molecule has 1 aliphatic heterocycles. The highest BCUT2D eigenvalue weighted by molar-refractivity contribution is 5.91. The molecule has 184 valence electrons. The van der Waals surface area contributed by atoms with E-state index in [1.54, 1.807) is 11.0 Å². The van der Waals surface area contributed by atoms with Gasteiger partial charge in [-0.15, -0.1) is 0 Å². The number of aromatic nitrogens is 3. The van der Waals surface area contributed by atoms with Gasteiger partial charge in [0.1, 0.15) is 11.6 Å². The SMILES string of the molecule is Cc1ccccc1NC(=O)N1Cc2c(C)nn(-c3ccccc3)c2-n2cccc2[C@H]1c1cccc(F)c1. The maximum Gasteiger partial charge on any atom is 0.322 e. The molecule has 1 aliphatic rings. The summed E-state index contributed by atoms with van der Waals surface area (Å²) in [5.41, 5.74) is 5.93. The Labute approximate surface area is 214 Å². The zero-order valence-corrected chi connectivity index (χ0v) is 20.6. The van der Waals surface area contributed by atoms with Gasteiger partial charge in [-0.3, -0.25) is 0 Å². The Balaban J connectivity index is 1.55. The van der Waals surface area contributed by atoms with Crippen LogP contribution in [0.2, 0.25) is 0 Å². The number of nitrogens with one attached hydrogen (secondary N) is 1. The zero-order valence-electron chi connectivity index (χ0n) is 20.6. The van der Waals surface area contributed by atoms with Gasteiger partial charge in [-0.1, -0.05) is 48.5 Å². The quantitative estimate of drug-likeness (QED) is 0.311. The molecule has 2 aromatic heterocycles. The van der Waals surface area contributed by atoms with E-state index in [4.69, 9.17) is 5.10 Å². The second kappa shape index (κ2) is 9.09. The number of anilines is 1. The van der Waals surface area contributed by atoms with E-state index in [1.165, 1.54) is 12.1 Å². The third-order valence-corrected chi connectivity index (χ3v) is 6.90. The maximum absolute atomic E-state index is 14.5. The normalized spacial score (nSPS) is 14.6. The number of amides is 2. The molecule has 2 amide bonds. The third-order valence-electron chi connectivity index (χ3n) is 6.90. The van der Waals surface area contributed by atoms with Crippen LogP contribution in [-0.4, -0.2) is 25.3 Å². The molecule has 0 saturated heterocycles. The molecule has 0 aliphatic carbocycles. The van der Waals surface area contributed by atoms with Gasteiger partial charge in [0.15, 0.2) is 0 Å². The first-order chi connectivity index (χ1) is 18.0. The average molecular weight is 492 g/mol. The number of halogens is 1. The Bertz CT molecular complexity index is 1600. The number of para-hydroxylation sites is 2.